The van der Waals surface area contributed by atoms with Gasteiger partial charge in [0, 0.05) is 25.7 Å². The molecule has 0 bridgehead atoms. The molecule has 1 atom stereocenters. The van der Waals surface area contributed by atoms with E-state index in [1.807, 2.05) is 23.5 Å². The van der Waals surface area contributed by atoms with Crippen LogP contribution in [0, 0.1) is 0 Å². The highest BCUT2D eigenvalue weighted by molar-refractivity contribution is 5.85. The molecule has 1 aromatic rings. The van der Waals surface area contributed by atoms with Crippen LogP contribution in [0.3, 0.4) is 0 Å². The van der Waals surface area contributed by atoms with E-state index in [1.165, 1.54) is 0 Å². The van der Waals surface area contributed by atoms with Gasteiger partial charge < -0.3 is 31.5 Å². The number of unbranched alkanes of at least 4 members (excludes halogenated alkanes) is 1. The van der Waals surface area contributed by atoms with E-state index >= 15 is 0 Å². The van der Waals surface area contributed by atoms with Crippen LogP contribution in [0.2, 0.25) is 0 Å². The quantitative estimate of drug-likeness (QED) is 0.227. The predicted octanol–water partition coefficient (Wildman–Crippen LogP) is -0.315. The largest absolute Gasteiger partial charge is 0.480 e. The number of carbonyl (C=O) groups excluding carboxylic acids is 2. The summed E-state index contributed by atoms with van der Waals surface area (Å²) in [5.41, 5.74) is 0.957. The third-order valence-electron chi connectivity index (χ3n) is 3.80. The topological polar surface area (TPSA) is 170 Å². The highest BCUT2D eigenvalue weighted by atomic mass is 16.4. The lowest BCUT2D eigenvalue weighted by molar-refractivity contribution is -0.139. The summed E-state index contributed by atoms with van der Waals surface area (Å²) in [6.07, 6.45) is 3.18. The van der Waals surface area contributed by atoms with Crippen molar-refractivity contribution in [3.05, 3.63) is 30.1 Å². The third-order valence-corrected chi connectivity index (χ3v) is 3.80. The lowest BCUT2D eigenvalue weighted by atomic mass is 10.1. The molecule has 0 aromatic carbocycles. The van der Waals surface area contributed by atoms with Gasteiger partial charge in [0.2, 0.25) is 5.91 Å². The van der Waals surface area contributed by atoms with E-state index in [1.54, 1.807) is 6.20 Å². The Balaban J connectivity index is 2.12. The number of amides is 3. The minimum Gasteiger partial charge on any atom is -0.480 e. The first kappa shape index (κ1) is 23.8. The molecule has 1 heterocycles. The van der Waals surface area contributed by atoms with E-state index in [-0.39, 0.29) is 18.7 Å². The molecule has 3 amide bonds. The van der Waals surface area contributed by atoms with E-state index in [4.69, 9.17) is 10.2 Å². The average molecular weight is 409 g/mol. The van der Waals surface area contributed by atoms with Gasteiger partial charge in [0.15, 0.2) is 0 Å². The maximum atomic E-state index is 11.8. The second-order valence-corrected chi connectivity index (χ2v) is 6.21. The van der Waals surface area contributed by atoms with Crippen LogP contribution >= 0.6 is 0 Å². The van der Waals surface area contributed by atoms with Crippen LogP contribution in [0.4, 0.5) is 4.79 Å². The Labute approximate surface area is 168 Å². The number of urea groups is 1. The fourth-order valence-corrected chi connectivity index (χ4v) is 2.31. The fraction of sp³-hybridized carbons (Fsp3) is 0.500. The van der Waals surface area contributed by atoms with Crippen LogP contribution in [0.5, 0.6) is 0 Å². The Bertz CT molecular complexity index is 670. The summed E-state index contributed by atoms with van der Waals surface area (Å²) in [6, 6.07) is 3.51. The number of rotatable bonds is 14. The van der Waals surface area contributed by atoms with Crippen LogP contribution in [-0.4, -0.2) is 64.8 Å². The number of hydrogen-bond donors (Lipinski definition) is 6. The van der Waals surface area contributed by atoms with Gasteiger partial charge in [0.05, 0.1) is 5.69 Å². The highest BCUT2D eigenvalue weighted by Crippen LogP contribution is 1.99. The van der Waals surface area contributed by atoms with Gasteiger partial charge in [-0.2, -0.15) is 0 Å². The Morgan fingerprint density at radius 3 is 2.45 bits per heavy atom. The molecule has 0 spiro atoms. The zero-order valence-electron chi connectivity index (χ0n) is 16.0. The number of carboxylic acid groups (broad SMARTS) is 2. The Morgan fingerprint density at radius 2 is 1.79 bits per heavy atom. The van der Waals surface area contributed by atoms with Crippen molar-refractivity contribution in [2.45, 2.75) is 38.3 Å². The summed E-state index contributed by atoms with van der Waals surface area (Å²) < 4.78 is 0. The maximum Gasteiger partial charge on any atom is 0.326 e. The van der Waals surface area contributed by atoms with E-state index in [0.29, 0.717) is 13.1 Å². The summed E-state index contributed by atoms with van der Waals surface area (Å²) in [4.78, 5) is 49.0. The first-order valence-electron chi connectivity index (χ1n) is 9.24. The number of pyridine rings is 1. The summed E-state index contributed by atoms with van der Waals surface area (Å²) in [5.74, 6) is -2.87. The molecular weight excluding hydrogens is 382 g/mol. The molecule has 0 saturated heterocycles. The Hall–Kier alpha value is -3.21. The van der Waals surface area contributed by atoms with E-state index in [9.17, 15) is 19.2 Å². The van der Waals surface area contributed by atoms with E-state index < -0.39 is 30.6 Å². The monoisotopic (exact) mass is 409 g/mol. The van der Waals surface area contributed by atoms with Crippen LogP contribution in [0.1, 0.15) is 31.4 Å². The van der Waals surface area contributed by atoms with Gasteiger partial charge in [-0.05, 0) is 37.9 Å². The number of nitrogens with zero attached hydrogens (tertiary/aromatic N) is 1. The third kappa shape index (κ3) is 12.0. The van der Waals surface area contributed by atoms with E-state index in [0.717, 1.165) is 25.1 Å². The van der Waals surface area contributed by atoms with Gasteiger partial charge in [-0.1, -0.05) is 6.07 Å². The molecule has 0 aliphatic heterocycles. The minimum atomic E-state index is -1.30. The lowest BCUT2D eigenvalue weighted by Crippen LogP contribution is -2.47. The number of aliphatic carboxylic acids is 2. The zero-order valence-corrected chi connectivity index (χ0v) is 16.0. The van der Waals surface area contributed by atoms with Crippen molar-refractivity contribution in [2.24, 2.45) is 0 Å². The molecular formula is C18H27N5O6. The summed E-state index contributed by atoms with van der Waals surface area (Å²) >= 11 is 0. The number of nitrogens with one attached hydrogen (secondary N) is 4. The van der Waals surface area contributed by atoms with Gasteiger partial charge >= 0.3 is 18.0 Å². The number of aromatic nitrogens is 1. The first-order valence-corrected chi connectivity index (χ1v) is 9.24. The van der Waals surface area contributed by atoms with Gasteiger partial charge in [-0.3, -0.25) is 14.6 Å². The molecule has 1 aromatic heterocycles. The van der Waals surface area contributed by atoms with Gasteiger partial charge in [0.1, 0.15) is 12.6 Å². The highest BCUT2D eigenvalue weighted by Gasteiger charge is 2.21. The molecule has 0 saturated carbocycles. The van der Waals surface area contributed by atoms with Crippen LogP contribution < -0.4 is 21.3 Å². The minimum absolute atomic E-state index is 0.0753. The van der Waals surface area contributed by atoms with E-state index in [2.05, 4.69) is 20.9 Å². The number of carbonyl (C=O) groups is 4. The second-order valence-electron chi connectivity index (χ2n) is 6.21. The molecule has 29 heavy (non-hydrogen) atoms. The molecule has 6 N–H and O–H groups in total. The van der Waals surface area contributed by atoms with Gasteiger partial charge in [-0.25, -0.2) is 9.59 Å². The van der Waals surface area contributed by atoms with Crippen molar-refractivity contribution in [1.82, 2.24) is 26.3 Å². The summed E-state index contributed by atoms with van der Waals surface area (Å²) in [7, 11) is 0. The van der Waals surface area contributed by atoms with Crippen molar-refractivity contribution >= 4 is 23.9 Å². The van der Waals surface area contributed by atoms with Gasteiger partial charge in [-0.15, -0.1) is 0 Å². The molecule has 160 valence electrons. The SMILES string of the molecule is O=C(O)CNC(=O)NC(CCC(=O)NCCCCNCc1ccccn1)C(=O)O. The Kier molecular flexibility index (Phi) is 11.4. The van der Waals surface area contributed by atoms with Crippen molar-refractivity contribution in [2.75, 3.05) is 19.6 Å². The molecule has 1 rings (SSSR count). The fourth-order valence-electron chi connectivity index (χ4n) is 2.31. The van der Waals surface area contributed by atoms with Crippen molar-refractivity contribution < 1.29 is 29.4 Å². The first-order chi connectivity index (χ1) is 13.9. The maximum absolute atomic E-state index is 11.8. The summed E-state index contributed by atoms with van der Waals surface area (Å²) in [6.45, 7) is 1.30. The molecule has 0 aliphatic rings. The predicted molar refractivity (Wildman–Crippen MR) is 103 cm³/mol. The van der Waals surface area contributed by atoms with Crippen molar-refractivity contribution in [1.29, 1.82) is 0 Å². The van der Waals surface area contributed by atoms with Crippen molar-refractivity contribution in [3.63, 3.8) is 0 Å². The van der Waals surface area contributed by atoms with Crippen LogP contribution in [0.15, 0.2) is 24.4 Å². The molecule has 0 aliphatic carbocycles. The standard InChI is InChI=1S/C18H27N5O6/c24-15(7-6-14(17(27)28)23-18(29)22-12-16(25)26)21-10-4-3-8-19-11-13-5-1-2-9-20-13/h1-2,5,9,14,19H,3-4,6-8,10-12H2,(H,21,24)(H,25,26)(H,27,28)(H2,22,23,29). The molecule has 11 heteroatoms. The number of hydrogen-bond acceptors (Lipinski definition) is 6. The van der Waals surface area contributed by atoms with Gasteiger partial charge in [0.25, 0.3) is 0 Å². The smallest absolute Gasteiger partial charge is 0.326 e. The lowest BCUT2D eigenvalue weighted by Gasteiger charge is -2.14. The Morgan fingerprint density at radius 1 is 1.03 bits per heavy atom. The van der Waals surface area contributed by atoms with Crippen LogP contribution in [-0.2, 0) is 20.9 Å². The average Bonchev–Trinajstić information content (AvgIpc) is 2.69. The number of carboxylic acids is 2. The second kappa shape index (κ2) is 13.9. The molecule has 1 unspecified atom stereocenters. The molecule has 0 fully saturated rings. The molecule has 11 nitrogen and oxygen atoms in total. The van der Waals surface area contributed by atoms with Crippen LogP contribution in [0.25, 0.3) is 0 Å². The normalized spacial score (nSPS) is 11.3. The zero-order chi connectivity index (χ0) is 21.5. The summed E-state index contributed by atoms with van der Waals surface area (Å²) in [5, 5.41) is 27.6. The molecule has 0 radical (unpaired) electrons. The van der Waals surface area contributed by atoms with Crippen molar-refractivity contribution in [3.8, 4) is 0 Å².